The minimum absolute atomic E-state index is 0.0647. The number of methoxy groups -OCH3 is 3. The van der Waals surface area contributed by atoms with Gasteiger partial charge in [0.05, 0.1) is 37.3 Å². The van der Waals surface area contributed by atoms with Gasteiger partial charge in [0.2, 0.25) is 5.75 Å². The van der Waals surface area contributed by atoms with Gasteiger partial charge < -0.3 is 24.1 Å². The number of ether oxygens (including phenoxy) is 4. The molecule has 0 aromatic heterocycles. The first-order valence-electron chi connectivity index (χ1n) is 10.5. The number of para-hydroxylation sites is 1. The van der Waals surface area contributed by atoms with Crippen LogP contribution in [0.25, 0.3) is 0 Å². The standard InChI is InChI=1S/C23H30BrNO7S/c1-29-21-10-16(11-22(30-2)23(21)31-3)12-25(17-8-9-33(27,28)15-17)13-18(26)14-32-20-7-5-4-6-19(20)24/h4-7,10-11,17-18,26H,8-9,12-15H2,1-3H3. The Labute approximate surface area is 203 Å². The molecule has 8 nitrogen and oxygen atoms in total. The Kier molecular flexibility index (Phi) is 8.86. The third-order valence-electron chi connectivity index (χ3n) is 5.55. The SMILES string of the molecule is COc1cc(CN(CC(O)COc2ccccc2Br)C2CCS(=O)(=O)C2)cc(OC)c1OC. The summed E-state index contributed by atoms with van der Waals surface area (Å²) in [7, 11) is 1.54. The lowest BCUT2D eigenvalue weighted by Gasteiger charge is -2.30. The number of halogens is 1. The topological polar surface area (TPSA) is 94.5 Å². The summed E-state index contributed by atoms with van der Waals surface area (Å²) >= 11 is 3.43. The number of aliphatic hydroxyl groups excluding tert-OH is 1. The van der Waals surface area contributed by atoms with Crippen molar-refractivity contribution >= 4 is 25.8 Å². The third kappa shape index (κ3) is 6.75. The van der Waals surface area contributed by atoms with Crippen molar-refractivity contribution in [2.45, 2.75) is 25.1 Å². The Bertz CT molecular complexity index is 1020. The fourth-order valence-corrected chi connectivity index (χ4v) is 6.10. The maximum absolute atomic E-state index is 12.1. The largest absolute Gasteiger partial charge is 0.493 e. The van der Waals surface area contributed by atoms with E-state index in [0.717, 1.165) is 10.0 Å². The number of sulfone groups is 1. The molecule has 1 heterocycles. The van der Waals surface area contributed by atoms with Gasteiger partial charge in [0.15, 0.2) is 21.3 Å². The van der Waals surface area contributed by atoms with E-state index in [9.17, 15) is 13.5 Å². The van der Waals surface area contributed by atoms with Gasteiger partial charge in [-0.25, -0.2) is 8.42 Å². The van der Waals surface area contributed by atoms with E-state index in [1.807, 2.05) is 41.3 Å². The Balaban J connectivity index is 1.78. The highest BCUT2D eigenvalue weighted by Gasteiger charge is 2.33. The molecule has 1 fully saturated rings. The van der Waals surface area contributed by atoms with Crippen molar-refractivity contribution in [3.8, 4) is 23.0 Å². The molecule has 182 valence electrons. The van der Waals surface area contributed by atoms with Gasteiger partial charge >= 0.3 is 0 Å². The molecular formula is C23H30BrNO7S. The zero-order chi connectivity index (χ0) is 24.0. The second kappa shape index (κ2) is 11.4. The lowest BCUT2D eigenvalue weighted by molar-refractivity contribution is 0.0522. The molecule has 1 aliphatic heterocycles. The van der Waals surface area contributed by atoms with Gasteiger partial charge in [0.1, 0.15) is 18.5 Å². The normalized spacial score (nSPS) is 18.2. The van der Waals surface area contributed by atoms with Crippen LogP contribution in [-0.4, -0.2) is 76.6 Å². The molecule has 33 heavy (non-hydrogen) atoms. The molecule has 1 aliphatic rings. The molecular weight excluding hydrogens is 514 g/mol. The Morgan fingerprint density at radius 2 is 1.76 bits per heavy atom. The lowest BCUT2D eigenvalue weighted by Crippen LogP contribution is -2.42. The van der Waals surface area contributed by atoms with E-state index >= 15 is 0 Å². The van der Waals surface area contributed by atoms with E-state index in [2.05, 4.69) is 15.9 Å². The Hall–Kier alpha value is -2.01. The minimum atomic E-state index is -3.10. The van der Waals surface area contributed by atoms with E-state index in [0.29, 0.717) is 36.0 Å². The van der Waals surface area contributed by atoms with Crippen LogP contribution in [0, 0.1) is 0 Å². The molecule has 2 atom stereocenters. The highest BCUT2D eigenvalue weighted by atomic mass is 79.9. The van der Waals surface area contributed by atoms with E-state index in [4.69, 9.17) is 18.9 Å². The van der Waals surface area contributed by atoms with E-state index in [1.54, 1.807) is 14.2 Å². The number of rotatable bonds is 11. The Morgan fingerprint density at radius 3 is 2.30 bits per heavy atom. The summed E-state index contributed by atoms with van der Waals surface area (Å²) < 4.78 is 47.1. The summed E-state index contributed by atoms with van der Waals surface area (Å²) in [5, 5.41) is 10.7. The van der Waals surface area contributed by atoms with Crippen molar-refractivity contribution in [3.63, 3.8) is 0 Å². The van der Waals surface area contributed by atoms with E-state index in [-0.39, 0.29) is 30.7 Å². The number of benzene rings is 2. The van der Waals surface area contributed by atoms with Gasteiger partial charge in [0, 0.05) is 19.1 Å². The smallest absolute Gasteiger partial charge is 0.203 e. The van der Waals surface area contributed by atoms with Crippen LogP contribution in [-0.2, 0) is 16.4 Å². The van der Waals surface area contributed by atoms with Crippen LogP contribution in [0.5, 0.6) is 23.0 Å². The predicted octanol–water partition coefficient (Wildman–Crippen LogP) is 2.90. The number of aliphatic hydroxyl groups is 1. The second-order valence-electron chi connectivity index (χ2n) is 7.92. The highest BCUT2D eigenvalue weighted by molar-refractivity contribution is 9.10. The van der Waals surface area contributed by atoms with E-state index < -0.39 is 15.9 Å². The molecule has 0 spiro atoms. The van der Waals surface area contributed by atoms with Crippen molar-refractivity contribution in [2.24, 2.45) is 0 Å². The third-order valence-corrected chi connectivity index (χ3v) is 7.95. The molecule has 2 unspecified atom stereocenters. The maximum atomic E-state index is 12.1. The van der Waals surface area contributed by atoms with Crippen LogP contribution >= 0.6 is 15.9 Å². The monoisotopic (exact) mass is 543 g/mol. The quantitative estimate of drug-likeness (QED) is 0.462. The molecule has 0 bridgehead atoms. The van der Waals surface area contributed by atoms with Crippen LogP contribution in [0.15, 0.2) is 40.9 Å². The van der Waals surface area contributed by atoms with Gasteiger partial charge in [-0.3, -0.25) is 4.90 Å². The second-order valence-corrected chi connectivity index (χ2v) is 11.0. The van der Waals surface area contributed by atoms with Crippen LogP contribution in [0.3, 0.4) is 0 Å². The predicted molar refractivity (Wildman–Crippen MR) is 129 cm³/mol. The molecule has 1 saturated heterocycles. The lowest BCUT2D eigenvalue weighted by atomic mass is 10.1. The van der Waals surface area contributed by atoms with Gasteiger partial charge in [-0.05, 0) is 52.2 Å². The molecule has 0 radical (unpaired) electrons. The maximum Gasteiger partial charge on any atom is 0.203 e. The summed E-state index contributed by atoms with van der Waals surface area (Å²) in [5.41, 5.74) is 0.854. The zero-order valence-electron chi connectivity index (χ0n) is 19.0. The van der Waals surface area contributed by atoms with E-state index in [1.165, 1.54) is 7.11 Å². The zero-order valence-corrected chi connectivity index (χ0v) is 21.4. The molecule has 1 N–H and O–H groups in total. The number of nitrogens with zero attached hydrogens (tertiary/aromatic N) is 1. The van der Waals surface area contributed by atoms with Gasteiger partial charge in [-0.1, -0.05) is 12.1 Å². The summed E-state index contributed by atoms with van der Waals surface area (Å²) in [4.78, 5) is 1.99. The fourth-order valence-electron chi connectivity index (χ4n) is 3.94. The summed E-state index contributed by atoms with van der Waals surface area (Å²) in [6.07, 6.45) is -0.299. The van der Waals surface area contributed by atoms with Crippen LogP contribution in [0.2, 0.25) is 0 Å². The molecule has 0 amide bonds. The van der Waals surface area contributed by atoms with Crippen molar-refractivity contribution in [1.29, 1.82) is 0 Å². The summed E-state index contributed by atoms with van der Waals surface area (Å²) in [5.74, 6) is 2.37. The van der Waals surface area contributed by atoms with Crippen molar-refractivity contribution in [1.82, 2.24) is 4.90 Å². The van der Waals surface area contributed by atoms with Crippen LogP contribution in [0.4, 0.5) is 0 Å². The van der Waals surface area contributed by atoms with Crippen LogP contribution in [0.1, 0.15) is 12.0 Å². The molecule has 0 saturated carbocycles. The van der Waals surface area contributed by atoms with Gasteiger partial charge in [-0.15, -0.1) is 0 Å². The van der Waals surface area contributed by atoms with Gasteiger partial charge in [-0.2, -0.15) is 0 Å². The van der Waals surface area contributed by atoms with Crippen molar-refractivity contribution in [3.05, 3.63) is 46.4 Å². The first-order chi connectivity index (χ1) is 15.8. The average Bonchev–Trinajstić information content (AvgIpc) is 3.16. The van der Waals surface area contributed by atoms with Crippen molar-refractivity contribution < 1.29 is 32.5 Å². The molecule has 2 aromatic rings. The molecule has 10 heteroatoms. The Morgan fingerprint density at radius 1 is 1.09 bits per heavy atom. The molecule has 3 rings (SSSR count). The van der Waals surface area contributed by atoms with Crippen molar-refractivity contribution in [2.75, 3.05) is 46.0 Å². The molecule has 0 aliphatic carbocycles. The number of hydrogen-bond donors (Lipinski definition) is 1. The first kappa shape index (κ1) is 25.6. The summed E-state index contributed by atoms with van der Waals surface area (Å²) in [6.45, 7) is 0.734. The highest BCUT2D eigenvalue weighted by Crippen LogP contribution is 2.38. The first-order valence-corrected chi connectivity index (χ1v) is 13.2. The fraction of sp³-hybridized carbons (Fsp3) is 0.478. The van der Waals surface area contributed by atoms with Crippen LogP contribution < -0.4 is 18.9 Å². The van der Waals surface area contributed by atoms with Gasteiger partial charge in [0.25, 0.3) is 0 Å². The molecule has 2 aromatic carbocycles. The minimum Gasteiger partial charge on any atom is -0.493 e. The number of hydrogen-bond acceptors (Lipinski definition) is 8. The summed E-state index contributed by atoms with van der Waals surface area (Å²) in [6, 6.07) is 10.9. The average molecular weight is 544 g/mol.